The molecule has 2 rings (SSSR count). The number of aliphatic hydroxyl groups excluding tert-OH is 1. The topological polar surface area (TPSA) is 40.5 Å². The molecule has 2 atom stereocenters. The van der Waals surface area contributed by atoms with Gasteiger partial charge in [-0.15, -0.1) is 0 Å². The Hall–Kier alpha value is -1.02. The van der Waals surface area contributed by atoms with Gasteiger partial charge >= 0.3 is 0 Å². The van der Waals surface area contributed by atoms with E-state index in [9.17, 15) is 10.2 Å². The molecular weight excluding hydrogens is 212 g/mol. The zero-order chi connectivity index (χ0) is 12.1. The molecule has 1 aromatic rings. The summed E-state index contributed by atoms with van der Waals surface area (Å²) in [5.74, 6) is 0.923. The van der Waals surface area contributed by atoms with E-state index in [1.165, 1.54) is 12.0 Å². The molecule has 0 amide bonds. The monoisotopic (exact) mass is 233 g/mol. The van der Waals surface area contributed by atoms with Crippen LogP contribution < -0.4 is 0 Å². The van der Waals surface area contributed by atoms with Gasteiger partial charge in [-0.3, -0.25) is 0 Å². The number of phenols is 1. The Morgan fingerprint density at radius 1 is 1.29 bits per heavy atom. The van der Waals surface area contributed by atoms with Crippen LogP contribution in [-0.2, 0) is 6.42 Å². The van der Waals surface area contributed by atoms with E-state index in [0.29, 0.717) is 11.7 Å². The molecule has 0 aliphatic heterocycles. The Balaban J connectivity index is 1.72. The Labute approximate surface area is 103 Å². The number of hydrogen-bond donors (Lipinski definition) is 2. The van der Waals surface area contributed by atoms with Gasteiger partial charge in [-0.05, 0) is 62.1 Å². The summed E-state index contributed by atoms with van der Waals surface area (Å²) in [5, 5.41) is 18.9. The van der Waals surface area contributed by atoms with Gasteiger partial charge in [0.25, 0.3) is 0 Å². The fourth-order valence-electron chi connectivity index (χ4n) is 2.61. The van der Waals surface area contributed by atoms with Gasteiger partial charge in [0.05, 0.1) is 6.10 Å². The van der Waals surface area contributed by atoms with Crippen molar-refractivity contribution >= 4 is 0 Å². The fourth-order valence-corrected chi connectivity index (χ4v) is 2.61. The average molecular weight is 233 g/mol. The first kappa shape index (κ1) is 12.4. The zero-order valence-corrected chi connectivity index (χ0v) is 10.2. The smallest absolute Gasteiger partial charge is 0.115 e. The number of benzene rings is 1. The highest BCUT2D eigenvalue weighted by atomic mass is 16.3. The third kappa shape index (κ3) is 4.04. The van der Waals surface area contributed by atoms with Crippen molar-refractivity contribution in [3.8, 4) is 5.75 Å². The second-order valence-corrected chi connectivity index (χ2v) is 5.02. The summed E-state index contributed by atoms with van der Waals surface area (Å²) in [7, 11) is 0. The van der Waals surface area contributed by atoms with Gasteiger partial charge in [-0.25, -0.2) is 0 Å². The molecule has 1 aromatic carbocycles. The fraction of sp³-hybridized carbons (Fsp3) is 0.533. The van der Waals surface area contributed by atoms with Gasteiger partial charge < -0.3 is 10.2 Å². The minimum Gasteiger partial charge on any atom is -0.508 e. The molecule has 2 N–H and O–H groups in total. The number of hydrogen-bond acceptors (Lipinski definition) is 2. The number of aromatic hydroxyl groups is 1. The van der Waals surface area contributed by atoms with Crippen molar-refractivity contribution in [3.05, 3.63) is 36.2 Å². The minimum atomic E-state index is -0.0919. The van der Waals surface area contributed by atoms with Gasteiger partial charge in [0.15, 0.2) is 0 Å². The molecule has 1 fully saturated rings. The van der Waals surface area contributed by atoms with Crippen molar-refractivity contribution in [2.75, 3.05) is 0 Å². The Bertz CT molecular complexity index is 349. The van der Waals surface area contributed by atoms with Crippen LogP contribution in [0.25, 0.3) is 0 Å². The molecule has 1 aliphatic carbocycles. The van der Waals surface area contributed by atoms with E-state index in [4.69, 9.17) is 0 Å². The van der Waals surface area contributed by atoms with Gasteiger partial charge in [0, 0.05) is 0 Å². The maximum absolute atomic E-state index is 9.58. The Morgan fingerprint density at radius 2 is 2.18 bits per heavy atom. The molecule has 0 spiro atoms. The number of rotatable bonds is 4. The van der Waals surface area contributed by atoms with Crippen LogP contribution in [0.4, 0.5) is 0 Å². The first-order valence-electron chi connectivity index (χ1n) is 6.53. The molecule has 2 unspecified atom stereocenters. The predicted molar refractivity (Wildman–Crippen MR) is 68.7 cm³/mol. The molecule has 1 radical (unpaired) electrons. The quantitative estimate of drug-likeness (QED) is 0.839. The average Bonchev–Trinajstić information content (AvgIpc) is 2.29. The lowest BCUT2D eigenvalue weighted by Gasteiger charge is -2.25. The van der Waals surface area contributed by atoms with E-state index in [2.05, 4.69) is 6.42 Å². The summed E-state index contributed by atoms with van der Waals surface area (Å²) in [6, 6.07) is 7.45. The molecule has 17 heavy (non-hydrogen) atoms. The van der Waals surface area contributed by atoms with Crippen molar-refractivity contribution in [2.45, 2.75) is 44.6 Å². The van der Waals surface area contributed by atoms with Gasteiger partial charge in [-0.1, -0.05) is 18.6 Å². The lowest BCUT2D eigenvalue weighted by atomic mass is 9.84. The molecule has 2 nitrogen and oxygen atoms in total. The van der Waals surface area contributed by atoms with E-state index in [0.717, 1.165) is 32.1 Å². The Morgan fingerprint density at radius 3 is 2.94 bits per heavy atom. The third-order valence-electron chi connectivity index (χ3n) is 3.53. The number of aryl methyl sites for hydroxylation is 1. The van der Waals surface area contributed by atoms with Crippen LogP contribution >= 0.6 is 0 Å². The molecule has 0 saturated heterocycles. The molecule has 0 aromatic heterocycles. The van der Waals surface area contributed by atoms with Gasteiger partial charge in [0.1, 0.15) is 5.75 Å². The van der Waals surface area contributed by atoms with Crippen LogP contribution in [0.1, 0.15) is 37.7 Å². The van der Waals surface area contributed by atoms with Crippen LogP contribution in [0.15, 0.2) is 24.3 Å². The minimum absolute atomic E-state index is 0.0919. The van der Waals surface area contributed by atoms with E-state index < -0.39 is 0 Å². The molecule has 93 valence electrons. The standard InChI is InChI=1S/C15H21O2/c16-14-8-2-6-12(10-14)4-1-5-13-7-3-9-15(17)11-13/h2,5-6,8,10,13,15-17H,1,3-4,7,9,11H2. The highest BCUT2D eigenvalue weighted by molar-refractivity contribution is 5.27. The largest absolute Gasteiger partial charge is 0.508 e. The highest BCUT2D eigenvalue weighted by Crippen LogP contribution is 2.27. The summed E-state index contributed by atoms with van der Waals surface area (Å²) >= 11 is 0. The van der Waals surface area contributed by atoms with Crippen molar-refractivity contribution in [3.63, 3.8) is 0 Å². The first-order valence-corrected chi connectivity index (χ1v) is 6.53. The molecule has 1 aliphatic rings. The third-order valence-corrected chi connectivity index (χ3v) is 3.53. The van der Waals surface area contributed by atoms with Gasteiger partial charge in [0.2, 0.25) is 0 Å². The van der Waals surface area contributed by atoms with E-state index >= 15 is 0 Å². The molecular formula is C15H21O2. The number of phenolic OH excluding ortho intramolecular Hbond substituents is 1. The summed E-state index contributed by atoms with van der Waals surface area (Å²) in [4.78, 5) is 0. The second kappa shape index (κ2) is 6.06. The second-order valence-electron chi connectivity index (χ2n) is 5.02. The van der Waals surface area contributed by atoms with Crippen LogP contribution in [0.3, 0.4) is 0 Å². The summed E-state index contributed by atoms with van der Waals surface area (Å²) in [6.07, 6.45) is 8.52. The lowest BCUT2D eigenvalue weighted by molar-refractivity contribution is 0.108. The first-order chi connectivity index (χ1) is 8.24. The van der Waals surface area contributed by atoms with E-state index in [-0.39, 0.29) is 6.10 Å². The van der Waals surface area contributed by atoms with Crippen LogP contribution in [-0.4, -0.2) is 16.3 Å². The molecule has 1 saturated carbocycles. The summed E-state index contributed by atoms with van der Waals surface area (Å²) < 4.78 is 0. The molecule has 0 heterocycles. The zero-order valence-electron chi connectivity index (χ0n) is 10.2. The summed E-state index contributed by atoms with van der Waals surface area (Å²) in [6.45, 7) is 0. The lowest BCUT2D eigenvalue weighted by Crippen LogP contribution is -2.19. The van der Waals surface area contributed by atoms with E-state index in [1.54, 1.807) is 6.07 Å². The van der Waals surface area contributed by atoms with Crippen molar-refractivity contribution in [1.82, 2.24) is 0 Å². The molecule has 2 heteroatoms. The maximum Gasteiger partial charge on any atom is 0.115 e. The van der Waals surface area contributed by atoms with Crippen molar-refractivity contribution in [1.29, 1.82) is 0 Å². The Kier molecular flexibility index (Phi) is 4.43. The number of aliphatic hydroxyl groups is 1. The summed E-state index contributed by atoms with van der Waals surface area (Å²) in [5.41, 5.74) is 1.18. The van der Waals surface area contributed by atoms with Crippen molar-refractivity contribution < 1.29 is 10.2 Å². The maximum atomic E-state index is 9.58. The van der Waals surface area contributed by atoms with Crippen molar-refractivity contribution in [2.24, 2.45) is 5.92 Å². The molecule has 0 bridgehead atoms. The van der Waals surface area contributed by atoms with Crippen LogP contribution in [0, 0.1) is 12.3 Å². The predicted octanol–water partition coefficient (Wildman–Crippen LogP) is 3.08. The van der Waals surface area contributed by atoms with Crippen LogP contribution in [0.2, 0.25) is 0 Å². The SMILES string of the molecule is Oc1cccc(CC[CH]C2CCCC(O)C2)c1. The highest BCUT2D eigenvalue weighted by Gasteiger charge is 2.19. The van der Waals surface area contributed by atoms with Gasteiger partial charge in [-0.2, -0.15) is 0 Å². The van der Waals surface area contributed by atoms with Crippen LogP contribution in [0.5, 0.6) is 5.75 Å². The normalized spacial score (nSPS) is 24.8. The van der Waals surface area contributed by atoms with E-state index in [1.807, 2.05) is 18.2 Å².